The van der Waals surface area contributed by atoms with E-state index in [-0.39, 0.29) is 5.56 Å². The summed E-state index contributed by atoms with van der Waals surface area (Å²) in [6, 6.07) is 5.15. The Kier molecular flexibility index (Phi) is 2.91. The van der Waals surface area contributed by atoms with Gasteiger partial charge in [-0.05, 0) is 38.4 Å². The molecule has 96 valence electrons. The van der Waals surface area contributed by atoms with Gasteiger partial charge in [-0.3, -0.25) is 9.89 Å². The molecule has 3 rings (SSSR count). The summed E-state index contributed by atoms with van der Waals surface area (Å²) in [5.74, 6) is 1.55. The van der Waals surface area contributed by atoms with Gasteiger partial charge in [0.25, 0.3) is 5.56 Å². The molecule has 0 amide bonds. The lowest BCUT2D eigenvalue weighted by Gasteiger charge is -2.28. The van der Waals surface area contributed by atoms with E-state index in [1.54, 1.807) is 12.1 Å². The number of pyridine rings is 1. The minimum absolute atomic E-state index is 0.0491. The molecule has 1 fully saturated rings. The maximum atomic E-state index is 11.6. The van der Waals surface area contributed by atoms with E-state index < -0.39 is 0 Å². The van der Waals surface area contributed by atoms with Gasteiger partial charge in [0.1, 0.15) is 5.82 Å². The molecule has 0 spiro atoms. The number of H-pyrrole nitrogens is 1. The van der Waals surface area contributed by atoms with Crippen LogP contribution >= 0.6 is 0 Å². The van der Waals surface area contributed by atoms with Crippen molar-refractivity contribution < 1.29 is 0 Å². The van der Waals surface area contributed by atoms with Crippen LogP contribution in [0.2, 0.25) is 0 Å². The number of hydrogen-bond acceptors (Lipinski definition) is 3. The minimum atomic E-state index is -0.0491. The van der Waals surface area contributed by atoms with Crippen molar-refractivity contribution in [2.75, 3.05) is 20.1 Å². The van der Waals surface area contributed by atoms with Crippen molar-refractivity contribution in [3.63, 3.8) is 0 Å². The first-order chi connectivity index (χ1) is 8.72. The van der Waals surface area contributed by atoms with E-state index in [9.17, 15) is 4.79 Å². The van der Waals surface area contributed by atoms with Crippen LogP contribution < -0.4 is 5.56 Å². The predicted molar refractivity (Wildman–Crippen MR) is 69.7 cm³/mol. The molecule has 3 heterocycles. The molecule has 18 heavy (non-hydrogen) atoms. The van der Waals surface area contributed by atoms with Gasteiger partial charge in [0.2, 0.25) is 0 Å². The van der Waals surface area contributed by atoms with E-state index in [0.29, 0.717) is 11.6 Å². The number of aromatic nitrogens is 3. The van der Waals surface area contributed by atoms with Crippen LogP contribution in [0.3, 0.4) is 0 Å². The van der Waals surface area contributed by atoms with Gasteiger partial charge >= 0.3 is 0 Å². The Bertz CT molecular complexity index is 600. The number of nitrogens with one attached hydrogen (secondary N) is 1. The van der Waals surface area contributed by atoms with Crippen LogP contribution in [0, 0.1) is 5.92 Å². The fourth-order valence-corrected chi connectivity index (χ4v) is 2.77. The predicted octanol–water partition coefficient (Wildman–Crippen LogP) is 0.907. The lowest BCUT2D eigenvalue weighted by molar-refractivity contribution is 0.207. The Balaban J connectivity index is 1.82. The van der Waals surface area contributed by atoms with Crippen molar-refractivity contribution in [1.29, 1.82) is 0 Å². The number of hydrogen-bond donors (Lipinski definition) is 1. The van der Waals surface area contributed by atoms with Gasteiger partial charge in [0.05, 0.1) is 0 Å². The normalized spacial score (nSPS) is 21.5. The average Bonchev–Trinajstić information content (AvgIpc) is 2.73. The first-order valence-electron chi connectivity index (χ1n) is 6.47. The van der Waals surface area contributed by atoms with Gasteiger partial charge < -0.3 is 4.90 Å². The Hall–Kier alpha value is -1.62. The molecule has 5 heteroatoms. The van der Waals surface area contributed by atoms with E-state index in [2.05, 4.69) is 22.0 Å². The minimum Gasteiger partial charge on any atom is -0.306 e. The molecule has 0 bridgehead atoms. The summed E-state index contributed by atoms with van der Waals surface area (Å²) in [6.45, 7) is 2.31. The van der Waals surface area contributed by atoms with E-state index >= 15 is 0 Å². The number of rotatable bonds is 2. The van der Waals surface area contributed by atoms with Crippen molar-refractivity contribution in [1.82, 2.24) is 19.5 Å². The summed E-state index contributed by atoms with van der Waals surface area (Å²) in [6.07, 6.45) is 3.42. The number of likely N-dealkylation sites (tertiary alicyclic amines) is 1. The molecular formula is C13H18N4O. The molecule has 0 radical (unpaired) electrons. The molecule has 1 aliphatic rings. The number of piperidine rings is 1. The third-order valence-electron chi connectivity index (χ3n) is 3.63. The second kappa shape index (κ2) is 4.57. The van der Waals surface area contributed by atoms with Crippen molar-refractivity contribution in [2.45, 2.75) is 19.3 Å². The largest absolute Gasteiger partial charge is 0.306 e. The first kappa shape index (κ1) is 11.5. The van der Waals surface area contributed by atoms with Crippen LogP contribution in [0.4, 0.5) is 0 Å². The highest BCUT2D eigenvalue weighted by Gasteiger charge is 2.19. The highest BCUT2D eigenvalue weighted by atomic mass is 16.1. The number of fused-ring (bicyclic) bond motifs is 1. The summed E-state index contributed by atoms with van der Waals surface area (Å²) < 4.78 is 1.52. The smallest absolute Gasteiger partial charge is 0.271 e. The van der Waals surface area contributed by atoms with E-state index in [0.717, 1.165) is 18.8 Å². The van der Waals surface area contributed by atoms with Gasteiger partial charge in [-0.2, -0.15) is 0 Å². The maximum Gasteiger partial charge on any atom is 0.271 e. The molecule has 2 aromatic rings. The molecule has 1 N–H and O–H groups in total. The third kappa shape index (κ3) is 2.18. The monoisotopic (exact) mass is 246 g/mol. The zero-order valence-corrected chi connectivity index (χ0v) is 10.6. The highest BCUT2D eigenvalue weighted by molar-refractivity contribution is 5.36. The van der Waals surface area contributed by atoms with Crippen LogP contribution in [0.1, 0.15) is 18.7 Å². The zero-order chi connectivity index (χ0) is 12.5. The molecule has 5 nitrogen and oxygen atoms in total. The Morgan fingerprint density at radius 2 is 2.39 bits per heavy atom. The fraction of sp³-hybridized carbons (Fsp3) is 0.538. The topological polar surface area (TPSA) is 53.4 Å². The molecule has 2 aromatic heterocycles. The van der Waals surface area contributed by atoms with Gasteiger partial charge in [0.15, 0.2) is 5.65 Å². The van der Waals surface area contributed by atoms with Crippen molar-refractivity contribution in [2.24, 2.45) is 5.92 Å². The van der Waals surface area contributed by atoms with Gasteiger partial charge in [0, 0.05) is 19.0 Å². The average molecular weight is 246 g/mol. The summed E-state index contributed by atoms with van der Waals surface area (Å²) in [5, 5.41) is 3.10. The second-order valence-corrected chi connectivity index (χ2v) is 5.20. The van der Waals surface area contributed by atoms with Crippen LogP contribution in [-0.2, 0) is 6.42 Å². The zero-order valence-electron chi connectivity index (χ0n) is 10.6. The summed E-state index contributed by atoms with van der Waals surface area (Å²) in [5.41, 5.74) is 0.661. The number of aromatic amines is 1. The van der Waals surface area contributed by atoms with Crippen molar-refractivity contribution >= 4 is 5.65 Å². The Morgan fingerprint density at radius 3 is 3.17 bits per heavy atom. The Morgan fingerprint density at radius 1 is 1.50 bits per heavy atom. The second-order valence-electron chi connectivity index (χ2n) is 5.20. The first-order valence-corrected chi connectivity index (χ1v) is 6.47. The van der Waals surface area contributed by atoms with E-state index in [1.165, 1.54) is 23.9 Å². The van der Waals surface area contributed by atoms with Gasteiger partial charge in [-0.15, -0.1) is 0 Å². The lowest BCUT2D eigenvalue weighted by Crippen LogP contribution is -2.33. The SMILES string of the molecule is CN1CCCC(Cc2nc3cccc(=O)n3[nH]2)C1. The van der Waals surface area contributed by atoms with E-state index in [1.807, 2.05) is 6.07 Å². The lowest BCUT2D eigenvalue weighted by atomic mass is 9.95. The summed E-state index contributed by atoms with van der Waals surface area (Å²) in [7, 11) is 2.16. The van der Waals surface area contributed by atoms with Gasteiger partial charge in [-0.25, -0.2) is 9.50 Å². The fourth-order valence-electron chi connectivity index (χ4n) is 2.77. The Labute approximate surface area is 105 Å². The standard InChI is InChI=1S/C13H18N4O/c1-16-7-3-4-10(9-16)8-11-14-12-5-2-6-13(18)17(12)15-11/h2,5-6,10H,3-4,7-9H2,1H3,(H,14,15). The quantitative estimate of drug-likeness (QED) is 0.857. The molecule has 0 aromatic carbocycles. The molecule has 0 aliphatic carbocycles. The van der Waals surface area contributed by atoms with Crippen molar-refractivity contribution in [3.8, 4) is 0 Å². The van der Waals surface area contributed by atoms with Crippen molar-refractivity contribution in [3.05, 3.63) is 34.4 Å². The third-order valence-corrected chi connectivity index (χ3v) is 3.63. The van der Waals surface area contributed by atoms with Crippen LogP contribution in [0.15, 0.2) is 23.0 Å². The maximum absolute atomic E-state index is 11.6. The molecule has 1 saturated heterocycles. The highest BCUT2D eigenvalue weighted by Crippen LogP contribution is 2.18. The van der Waals surface area contributed by atoms with Crippen LogP contribution in [0.25, 0.3) is 5.65 Å². The van der Waals surface area contributed by atoms with E-state index in [4.69, 9.17) is 0 Å². The summed E-state index contributed by atoms with van der Waals surface area (Å²) in [4.78, 5) is 18.5. The summed E-state index contributed by atoms with van der Waals surface area (Å²) >= 11 is 0. The molecule has 1 atom stereocenters. The molecule has 1 unspecified atom stereocenters. The van der Waals surface area contributed by atoms with Gasteiger partial charge in [-0.1, -0.05) is 6.07 Å². The van der Waals surface area contributed by atoms with Crippen LogP contribution in [-0.4, -0.2) is 39.6 Å². The van der Waals surface area contributed by atoms with Crippen LogP contribution in [0.5, 0.6) is 0 Å². The number of nitrogens with zero attached hydrogens (tertiary/aromatic N) is 3. The molecule has 0 saturated carbocycles. The molecule has 1 aliphatic heterocycles. The molecular weight excluding hydrogens is 228 g/mol.